The second-order valence-electron chi connectivity index (χ2n) is 7.15. The predicted molar refractivity (Wildman–Crippen MR) is 88.2 cm³/mol. The van der Waals surface area contributed by atoms with E-state index in [0.29, 0.717) is 0 Å². The minimum Gasteiger partial charge on any atom is -0.312 e. The molecule has 0 spiro atoms. The Morgan fingerprint density at radius 1 is 1.00 bits per heavy atom. The Bertz CT molecular complexity index is 248. The van der Waals surface area contributed by atoms with E-state index >= 15 is 0 Å². The van der Waals surface area contributed by atoms with Crippen LogP contribution in [-0.2, 0) is 0 Å². The van der Waals surface area contributed by atoms with E-state index in [0.717, 1.165) is 18.0 Å². The number of likely N-dealkylation sites (tertiary alicyclic amines) is 1. The highest BCUT2D eigenvalue weighted by Crippen LogP contribution is 2.28. The summed E-state index contributed by atoms with van der Waals surface area (Å²) in [4.78, 5) is 2.79. The van der Waals surface area contributed by atoms with Gasteiger partial charge in [0.05, 0.1) is 0 Å². The van der Waals surface area contributed by atoms with Crippen molar-refractivity contribution in [3.05, 3.63) is 0 Å². The second kappa shape index (κ2) is 9.04. The van der Waals surface area contributed by atoms with Gasteiger partial charge in [-0.15, -0.1) is 0 Å². The van der Waals surface area contributed by atoms with E-state index < -0.39 is 0 Å². The molecule has 0 amide bonds. The average Bonchev–Trinajstić information content (AvgIpc) is 2.69. The van der Waals surface area contributed by atoms with E-state index in [9.17, 15) is 0 Å². The van der Waals surface area contributed by atoms with Crippen LogP contribution in [0.4, 0.5) is 0 Å². The van der Waals surface area contributed by atoms with Crippen molar-refractivity contribution in [1.29, 1.82) is 0 Å². The number of nitrogens with one attached hydrogen (secondary N) is 1. The lowest BCUT2D eigenvalue weighted by atomic mass is 9.83. The molecule has 2 fully saturated rings. The van der Waals surface area contributed by atoms with Gasteiger partial charge >= 0.3 is 0 Å². The van der Waals surface area contributed by atoms with E-state index in [1.165, 1.54) is 83.8 Å². The van der Waals surface area contributed by atoms with Gasteiger partial charge in [0.15, 0.2) is 0 Å². The SMILES string of the molecule is CCCNC(CN1CCCCCC1C)C1CCCCC1. The van der Waals surface area contributed by atoms with Gasteiger partial charge in [-0.1, -0.05) is 39.0 Å². The van der Waals surface area contributed by atoms with Crippen LogP contribution in [0.15, 0.2) is 0 Å². The molecule has 2 unspecified atom stereocenters. The molecule has 20 heavy (non-hydrogen) atoms. The lowest BCUT2D eigenvalue weighted by molar-refractivity contribution is 0.151. The van der Waals surface area contributed by atoms with Gasteiger partial charge in [-0.3, -0.25) is 4.90 Å². The Morgan fingerprint density at radius 2 is 1.70 bits per heavy atom. The zero-order chi connectivity index (χ0) is 14.2. The fourth-order valence-corrected chi connectivity index (χ4v) is 4.10. The van der Waals surface area contributed by atoms with Crippen molar-refractivity contribution in [1.82, 2.24) is 10.2 Å². The van der Waals surface area contributed by atoms with Gasteiger partial charge in [-0.2, -0.15) is 0 Å². The molecule has 0 aromatic carbocycles. The number of hydrogen-bond donors (Lipinski definition) is 1. The van der Waals surface area contributed by atoms with E-state index in [-0.39, 0.29) is 0 Å². The third-order valence-electron chi connectivity index (χ3n) is 5.50. The molecule has 2 rings (SSSR count). The summed E-state index contributed by atoms with van der Waals surface area (Å²) in [6.45, 7) is 8.57. The molecule has 0 bridgehead atoms. The van der Waals surface area contributed by atoms with Gasteiger partial charge < -0.3 is 5.32 Å². The molecule has 1 saturated carbocycles. The van der Waals surface area contributed by atoms with Crippen LogP contribution in [0.5, 0.6) is 0 Å². The van der Waals surface area contributed by atoms with Crippen LogP contribution in [0.25, 0.3) is 0 Å². The second-order valence-corrected chi connectivity index (χ2v) is 7.15. The molecule has 1 saturated heterocycles. The van der Waals surface area contributed by atoms with Crippen LogP contribution in [0, 0.1) is 5.92 Å². The third kappa shape index (κ3) is 5.04. The molecule has 0 radical (unpaired) electrons. The first-order valence-corrected chi connectivity index (χ1v) is 9.28. The van der Waals surface area contributed by atoms with Crippen LogP contribution >= 0.6 is 0 Å². The molecule has 2 aliphatic rings. The van der Waals surface area contributed by atoms with Crippen LogP contribution in [-0.4, -0.2) is 36.6 Å². The van der Waals surface area contributed by atoms with Crippen molar-refractivity contribution in [2.45, 2.75) is 90.1 Å². The minimum atomic E-state index is 0.746. The number of nitrogens with zero attached hydrogens (tertiary/aromatic N) is 1. The van der Waals surface area contributed by atoms with Crippen molar-refractivity contribution < 1.29 is 0 Å². The molecule has 2 atom stereocenters. The molecular weight excluding hydrogens is 244 g/mol. The maximum Gasteiger partial charge on any atom is 0.0223 e. The zero-order valence-electron chi connectivity index (χ0n) is 13.9. The predicted octanol–water partition coefficient (Wildman–Crippen LogP) is 4.20. The Balaban J connectivity index is 1.90. The van der Waals surface area contributed by atoms with Gasteiger partial charge in [0, 0.05) is 18.6 Å². The molecule has 118 valence electrons. The van der Waals surface area contributed by atoms with Crippen LogP contribution in [0.2, 0.25) is 0 Å². The van der Waals surface area contributed by atoms with E-state index in [2.05, 4.69) is 24.1 Å². The molecule has 2 nitrogen and oxygen atoms in total. The summed E-state index contributed by atoms with van der Waals surface area (Å²) >= 11 is 0. The molecule has 0 aromatic rings. The smallest absolute Gasteiger partial charge is 0.0223 e. The fraction of sp³-hybridized carbons (Fsp3) is 1.00. The summed E-state index contributed by atoms with van der Waals surface area (Å²) in [5, 5.41) is 3.89. The quantitative estimate of drug-likeness (QED) is 0.784. The fourth-order valence-electron chi connectivity index (χ4n) is 4.10. The van der Waals surface area contributed by atoms with Gasteiger partial charge in [0.2, 0.25) is 0 Å². The Hall–Kier alpha value is -0.0800. The molecule has 2 heteroatoms. The summed E-state index contributed by atoms with van der Waals surface area (Å²) < 4.78 is 0. The summed E-state index contributed by atoms with van der Waals surface area (Å²) in [6, 6.07) is 1.54. The number of hydrogen-bond acceptors (Lipinski definition) is 2. The van der Waals surface area contributed by atoms with E-state index in [1.807, 2.05) is 0 Å². The van der Waals surface area contributed by atoms with Gasteiger partial charge in [-0.25, -0.2) is 0 Å². The van der Waals surface area contributed by atoms with E-state index in [1.54, 1.807) is 0 Å². The summed E-state index contributed by atoms with van der Waals surface area (Å²) in [5.74, 6) is 0.936. The monoisotopic (exact) mass is 280 g/mol. The van der Waals surface area contributed by atoms with Crippen molar-refractivity contribution in [3.63, 3.8) is 0 Å². The lowest BCUT2D eigenvalue weighted by Crippen LogP contribution is -2.48. The normalized spacial score (nSPS) is 28.2. The van der Waals surface area contributed by atoms with Crippen LogP contribution in [0.1, 0.15) is 78.1 Å². The molecule has 1 N–H and O–H groups in total. The van der Waals surface area contributed by atoms with Gasteiger partial charge in [-0.05, 0) is 58.0 Å². The van der Waals surface area contributed by atoms with Crippen LogP contribution < -0.4 is 5.32 Å². The first kappa shape index (κ1) is 16.3. The first-order chi connectivity index (χ1) is 9.81. The van der Waals surface area contributed by atoms with Crippen molar-refractivity contribution in [3.8, 4) is 0 Å². The van der Waals surface area contributed by atoms with Crippen molar-refractivity contribution in [2.75, 3.05) is 19.6 Å². The Kier molecular flexibility index (Phi) is 7.37. The topological polar surface area (TPSA) is 15.3 Å². The minimum absolute atomic E-state index is 0.746. The molecule has 1 aliphatic carbocycles. The standard InChI is InChI=1S/C18H36N2/c1-3-13-19-18(17-11-7-4-8-12-17)15-20-14-9-5-6-10-16(20)2/h16-19H,3-15H2,1-2H3. The molecule has 1 heterocycles. The Morgan fingerprint density at radius 3 is 2.45 bits per heavy atom. The Labute approximate surface area is 126 Å². The van der Waals surface area contributed by atoms with Crippen molar-refractivity contribution >= 4 is 0 Å². The lowest BCUT2D eigenvalue weighted by Gasteiger charge is -2.37. The highest BCUT2D eigenvalue weighted by molar-refractivity contribution is 4.84. The summed E-state index contributed by atoms with van der Waals surface area (Å²) in [6.07, 6.45) is 14.3. The first-order valence-electron chi connectivity index (χ1n) is 9.28. The summed E-state index contributed by atoms with van der Waals surface area (Å²) in [7, 11) is 0. The van der Waals surface area contributed by atoms with Gasteiger partial charge in [0.1, 0.15) is 0 Å². The summed E-state index contributed by atoms with van der Waals surface area (Å²) in [5.41, 5.74) is 0. The van der Waals surface area contributed by atoms with Gasteiger partial charge in [0.25, 0.3) is 0 Å². The number of rotatable bonds is 6. The molecule has 0 aromatic heterocycles. The van der Waals surface area contributed by atoms with Crippen molar-refractivity contribution in [2.24, 2.45) is 5.92 Å². The maximum absolute atomic E-state index is 3.89. The molecule has 1 aliphatic heterocycles. The highest BCUT2D eigenvalue weighted by Gasteiger charge is 2.27. The van der Waals surface area contributed by atoms with Crippen LogP contribution in [0.3, 0.4) is 0 Å². The third-order valence-corrected chi connectivity index (χ3v) is 5.50. The maximum atomic E-state index is 3.89. The zero-order valence-corrected chi connectivity index (χ0v) is 13.9. The highest BCUT2D eigenvalue weighted by atomic mass is 15.2. The molecular formula is C18H36N2. The van der Waals surface area contributed by atoms with E-state index in [4.69, 9.17) is 0 Å². The average molecular weight is 280 g/mol. The largest absolute Gasteiger partial charge is 0.312 e.